The van der Waals surface area contributed by atoms with Gasteiger partial charge in [-0.25, -0.2) is 0 Å². The summed E-state index contributed by atoms with van der Waals surface area (Å²) in [5.41, 5.74) is 1.10. The molecule has 0 spiro atoms. The predicted octanol–water partition coefficient (Wildman–Crippen LogP) is 3.25. The molecule has 5 heteroatoms. The highest BCUT2D eigenvalue weighted by molar-refractivity contribution is 8.01. The summed E-state index contributed by atoms with van der Waals surface area (Å²) in [5, 5.41) is 0.304. The van der Waals surface area contributed by atoms with Crippen LogP contribution in [-0.2, 0) is 11.3 Å². The van der Waals surface area contributed by atoms with E-state index in [1.165, 1.54) is 0 Å². The summed E-state index contributed by atoms with van der Waals surface area (Å²) < 4.78 is 10.7. The van der Waals surface area contributed by atoms with Crippen LogP contribution in [0.1, 0.15) is 32.3 Å². The highest BCUT2D eigenvalue weighted by atomic mass is 32.2. The van der Waals surface area contributed by atoms with Gasteiger partial charge in [-0.1, -0.05) is 32.8 Å². The number of fused-ring (bicyclic) bond motifs is 1. The number of carbonyl (C=O) groups is 1. The third-order valence-corrected chi connectivity index (χ3v) is 5.64. The zero-order valence-corrected chi connectivity index (χ0v) is 13.3. The second-order valence-electron chi connectivity index (χ2n) is 5.49. The van der Waals surface area contributed by atoms with Crippen molar-refractivity contribution in [1.82, 2.24) is 4.90 Å². The lowest BCUT2D eigenvalue weighted by atomic mass is 10.0. The molecule has 0 aliphatic carbocycles. The molecular weight excluding hydrogens is 286 g/mol. The van der Waals surface area contributed by atoms with Gasteiger partial charge < -0.3 is 14.4 Å². The molecule has 1 fully saturated rings. The van der Waals surface area contributed by atoms with Crippen molar-refractivity contribution in [2.45, 2.75) is 38.6 Å². The van der Waals surface area contributed by atoms with Crippen LogP contribution in [0.25, 0.3) is 0 Å². The molecule has 0 bridgehead atoms. The van der Waals surface area contributed by atoms with Gasteiger partial charge in [0.15, 0.2) is 11.5 Å². The van der Waals surface area contributed by atoms with Crippen LogP contribution in [0.15, 0.2) is 18.2 Å². The largest absolute Gasteiger partial charge is 0.454 e. The minimum atomic E-state index is 0.245. The van der Waals surface area contributed by atoms with Gasteiger partial charge in [0.1, 0.15) is 0 Å². The van der Waals surface area contributed by atoms with E-state index in [-0.39, 0.29) is 12.7 Å². The minimum Gasteiger partial charge on any atom is -0.454 e. The zero-order valence-electron chi connectivity index (χ0n) is 12.5. The standard InChI is InChI=1S/C16H21NO3S/c1-3-12(4-2)16-17(15(18)9-21-16)8-11-5-6-13-14(7-11)20-10-19-13/h5-7,12,16H,3-4,8-10H2,1-2H3. The third kappa shape index (κ3) is 2.84. The van der Waals surface area contributed by atoms with Crippen LogP contribution in [0.5, 0.6) is 11.5 Å². The van der Waals surface area contributed by atoms with Crippen LogP contribution in [0.2, 0.25) is 0 Å². The number of hydrogen-bond acceptors (Lipinski definition) is 4. The second-order valence-corrected chi connectivity index (χ2v) is 6.59. The SMILES string of the molecule is CCC(CC)C1SCC(=O)N1Cc1ccc2c(c1)OCO2. The van der Waals surface area contributed by atoms with Crippen LogP contribution in [0.4, 0.5) is 0 Å². The first-order valence-corrected chi connectivity index (χ1v) is 8.57. The van der Waals surface area contributed by atoms with E-state index >= 15 is 0 Å². The molecule has 0 saturated carbocycles. The Hall–Kier alpha value is -1.36. The lowest BCUT2D eigenvalue weighted by Gasteiger charge is -2.30. The molecule has 2 aliphatic heterocycles. The Bertz CT molecular complexity index is 530. The van der Waals surface area contributed by atoms with E-state index in [0.717, 1.165) is 29.9 Å². The maximum absolute atomic E-state index is 12.2. The number of amides is 1. The molecular formula is C16H21NO3S. The number of carbonyl (C=O) groups excluding carboxylic acids is 1. The number of hydrogen-bond donors (Lipinski definition) is 0. The van der Waals surface area contributed by atoms with E-state index in [4.69, 9.17) is 9.47 Å². The topological polar surface area (TPSA) is 38.8 Å². The summed E-state index contributed by atoms with van der Waals surface area (Å²) in [6.45, 7) is 5.35. The Morgan fingerprint density at radius 1 is 1.29 bits per heavy atom. The summed E-state index contributed by atoms with van der Waals surface area (Å²) in [6.07, 6.45) is 2.22. The minimum absolute atomic E-state index is 0.245. The molecule has 0 radical (unpaired) electrons. The molecule has 2 heterocycles. The van der Waals surface area contributed by atoms with Crippen LogP contribution in [0, 0.1) is 5.92 Å². The molecule has 21 heavy (non-hydrogen) atoms. The molecule has 1 saturated heterocycles. The lowest BCUT2D eigenvalue weighted by Crippen LogP contribution is -2.36. The first-order valence-electron chi connectivity index (χ1n) is 7.52. The second kappa shape index (κ2) is 6.18. The molecule has 1 atom stereocenters. The molecule has 1 amide bonds. The number of rotatable bonds is 5. The fourth-order valence-electron chi connectivity index (χ4n) is 2.97. The molecule has 0 N–H and O–H groups in total. The van der Waals surface area contributed by atoms with Gasteiger partial charge in [-0.2, -0.15) is 0 Å². The third-order valence-electron chi connectivity index (χ3n) is 4.25. The van der Waals surface area contributed by atoms with Crippen molar-refractivity contribution in [3.8, 4) is 11.5 Å². The summed E-state index contributed by atoms with van der Waals surface area (Å²) in [6, 6.07) is 5.94. The smallest absolute Gasteiger partial charge is 0.233 e. The van der Waals surface area contributed by atoms with Crippen LogP contribution < -0.4 is 9.47 Å². The number of ether oxygens (including phenoxy) is 2. The Morgan fingerprint density at radius 3 is 2.81 bits per heavy atom. The van der Waals surface area contributed by atoms with E-state index in [0.29, 0.717) is 23.6 Å². The highest BCUT2D eigenvalue weighted by Crippen LogP contribution is 2.37. The van der Waals surface area contributed by atoms with Crippen molar-refractivity contribution < 1.29 is 14.3 Å². The molecule has 1 aromatic rings. The fourth-order valence-corrected chi connectivity index (χ4v) is 4.48. The Labute approximate surface area is 129 Å². The Kier molecular flexibility index (Phi) is 4.29. The van der Waals surface area contributed by atoms with E-state index in [9.17, 15) is 4.79 Å². The summed E-state index contributed by atoms with van der Waals surface area (Å²) in [4.78, 5) is 14.2. The summed E-state index contributed by atoms with van der Waals surface area (Å²) in [5.74, 6) is 2.99. The van der Waals surface area contributed by atoms with Crippen LogP contribution in [-0.4, -0.2) is 28.7 Å². The van der Waals surface area contributed by atoms with Crippen molar-refractivity contribution in [2.24, 2.45) is 5.92 Å². The van der Waals surface area contributed by atoms with Crippen LogP contribution in [0.3, 0.4) is 0 Å². The Balaban J connectivity index is 1.77. The first-order chi connectivity index (χ1) is 10.2. The zero-order chi connectivity index (χ0) is 14.8. The van der Waals surface area contributed by atoms with E-state index in [2.05, 4.69) is 13.8 Å². The monoisotopic (exact) mass is 307 g/mol. The molecule has 2 aliphatic rings. The van der Waals surface area contributed by atoms with Crippen LogP contribution >= 0.6 is 11.8 Å². The number of nitrogens with zero attached hydrogens (tertiary/aromatic N) is 1. The van der Waals surface area contributed by atoms with Crippen molar-refractivity contribution in [3.63, 3.8) is 0 Å². The van der Waals surface area contributed by atoms with Gasteiger partial charge >= 0.3 is 0 Å². The number of benzene rings is 1. The van der Waals surface area contributed by atoms with Crippen molar-refractivity contribution in [2.75, 3.05) is 12.5 Å². The summed E-state index contributed by atoms with van der Waals surface area (Å²) in [7, 11) is 0. The van der Waals surface area contributed by atoms with E-state index in [1.54, 1.807) is 11.8 Å². The van der Waals surface area contributed by atoms with Gasteiger partial charge in [-0.3, -0.25) is 4.79 Å². The molecule has 3 rings (SSSR count). The van der Waals surface area contributed by atoms with Crippen molar-refractivity contribution in [3.05, 3.63) is 23.8 Å². The molecule has 4 nitrogen and oxygen atoms in total. The first kappa shape index (κ1) is 14.6. The van der Waals surface area contributed by atoms with Gasteiger partial charge in [0.25, 0.3) is 0 Å². The molecule has 1 aromatic carbocycles. The average Bonchev–Trinajstić information content (AvgIpc) is 3.09. The maximum atomic E-state index is 12.2. The summed E-state index contributed by atoms with van der Waals surface area (Å²) >= 11 is 1.78. The molecule has 0 aromatic heterocycles. The van der Waals surface area contributed by atoms with E-state index in [1.807, 2.05) is 23.1 Å². The lowest BCUT2D eigenvalue weighted by molar-refractivity contribution is -0.129. The van der Waals surface area contributed by atoms with Gasteiger partial charge in [0.05, 0.1) is 11.1 Å². The van der Waals surface area contributed by atoms with Gasteiger partial charge in [-0.15, -0.1) is 11.8 Å². The maximum Gasteiger partial charge on any atom is 0.233 e. The van der Waals surface area contributed by atoms with Crippen molar-refractivity contribution in [1.29, 1.82) is 0 Å². The van der Waals surface area contributed by atoms with Gasteiger partial charge in [0, 0.05) is 6.54 Å². The predicted molar refractivity (Wildman–Crippen MR) is 83.4 cm³/mol. The quantitative estimate of drug-likeness (QED) is 0.837. The van der Waals surface area contributed by atoms with Gasteiger partial charge in [0.2, 0.25) is 12.7 Å². The van der Waals surface area contributed by atoms with Crippen molar-refractivity contribution >= 4 is 17.7 Å². The molecule has 1 unspecified atom stereocenters. The van der Waals surface area contributed by atoms with E-state index < -0.39 is 0 Å². The molecule has 114 valence electrons. The highest BCUT2D eigenvalue weighted by Gasteiger charge is 2.35. The number of thioether (sulfide) groups is 1. The fraction of sp³-hybridized carbons (Fsp3) is 0.562. The normalized spacial score (nSPS) is 20.6. The Morgan fingerprint density at radius 2 is 2.05 bits per heavy atom. The van der Waals surface area contributed by atoms with Gasteiger partial charge in [-0.05, 0) is 23.6 Å². The average molecular weight is 307 g/mol.